The van der Waals surface area contributed by atoms with Crippen molar-refractivity contribution in [1.82, 2.24) is 4.98 Å². The molecule has 1 heterocycles. The van der Waals surface area contributed by atoms with E-state index in [-0.39, 0.29) is 5.97 Å². The van der Waals surface area contributed by atoms with Gasteiger partial charge in [0.2, 0.25) is 0 Å². The first-order chi connectivity index (χ1) is 10.2. The highest BCUT2D eigenvalue weighted by atomic mass is 16.5. The third-order valence-electron chi connectivity index (χ3n) is 3.61. The van der Waals surface area contributed by atoms with Crippen LogP contribution in [0.5, 0.6) is 5.75 Å². The summed E-state index contributed by atoms with van der Waals surface area (Å²) in [5, 5.41) is 0.939. The molecule has 0 saturated heterocycles. The molecule has 0 unspecified atom stereocenters. The van der Waals surface area contributed by atoms with E-state index in [1.54, 1.807) is 14.0 Å². The maximum Gasteiger partial charge on any atom is 0.354 e. The minimum absolute atomic E-state index is 0.324. The average molecular weight is 289 g/mol. The fourth-order valence-corrected chi connectivity index (χ4v) is 2.52. The van der Waals surface area contributed by atoms with Crippen LogP contribution in [0.4, 0.5) is 0 Å². The minimum Gasteiger partial charge on any atom is -0.496 e. The van der Waals surface area contributed by atoms with Crippen molar-refractivity contribution < 1.29 is 14.3 Å². The normalized spacial score (nSPS) is 10.8. The van der Waals surface area contributed by atoms with Crippen LogP contribution < -0.4 is 4.74 Å². The molecule has 0 spiro atoms. The van der Waals surface area contributed by atoms with Crippen molar-refractivity contribution in [2.45, 2.75) is 39.5 Å². The number of H-pyrrole nitrogens is 1. The number of carbonyl (C=O) groups excluding carboxylic acids is 1. The van der Waals surface area contributed by atoms with Crippen LogP contribution in [0, 0.1) is 0 Å². The molecule has 2 aromatic rings. The molecule has 0 aliphatic rings. The van der Waals surface area contributed by atoms with E-state index in [2.05, 4.69) is 18.0 Å². The monoisotopic (exact) mass is 289 g/mol. The maximum absolute atomic E-state index is 11.9. The lowest BCUT2D eigenvalue weighted by Crippen LogP contribution is -2.04. The van der Waals surface area contributed by atoms with Gasteiger partial charge >= 0.3 is 5.97 Å². The molecular formula is C17H23NO3. The zero-order valence-corrected chi connectivity index (χ0v) is 13.0. The number of aromatic nitrogens is 1. The molecular weight excluding hydrogens is 266 g/mol. The van der Waals surface area contributed by atoms with Crippen molar-refractivity contribution in [3.8, 4) is 5.75 Å². The van der Waals surface area contributed by atoms with E-state index in [1.165, 1.54) is 18.4 Å². The molecule has 0 amide bonds. The lowest BCUT2D eigenvalue weighted by Gasteiger charge is -2.06. The molecule has 0 atom stereocenters. The molecule has 114 valence electrons. The lowest BCUT2D eigenvalue weighted by atomic mass is 10.0. The van der Waals surface area contributed by atoms with Gasteiger partial charge in [0.1, 0.15) is 11.4 Å². The average Bonchev–Trinajstić information content (AvgIpc) is 2.93. The van der Waals surface area contributed by atoms with Gasteiger partial charge in [0.15, 0.2) is 0 Å². The number of aryl methyl sites for hydroxylation is 1. The number of hydrogen-bond acceptors (Lipinski definition) is 3. The number of hydrogen-bond donors (Lipinski definition) is 1. The van der Waals surface area contributed by atoms with Gasteiger partial charge in [-0.15, -0.1) is 0 Å². The first-order valence-corrected chi connectivity index (χ1v) is 7.57. The molecule has 4 heteroatoms. The Bertz CT molecular complexity index is 616. The first kappa shape index (κ1) is 15.4. The summed E-state index contributed by atoms with van der Waals surface area (Å²) in [4.78, 5) is 15.1. The van der Waals surface area contributed by atoms with Crippen LogP contribution >= 0.6 is 0 Å². The molecule has 0 aliphatic carbocycles. The fourth-order valence-electron chi connectivity index (χ4n) is 2.52. The smallest absolute Gasteiger partial charge is 0.354 e. The molecule has 0 saturated carbocycles. The van der Waals surface area contributed by atoms with Gasteiger partial charge in [-0.1, -0.05) is 25.8 Å². The predicted molar refractivity (Wildman–Crippen MR) is 84.0 cm³/mol. The lowest BCUT2D eigenvalue weighted by molar-refractivity contribution is 0.0520. The Hall–Kier alpha value is -1.97. The summed E-state index contributed by atoms with van der Waals surface area (Å²) in [6, 6.07) is 5.85. The van der Waals surface area contributed by atoms with Crippen molar-refractivity contribution in [1.29, 1.82) is 0 Å². The van der Waals surface area contributed by atoms with E-state index in [1.807, 2.05) is 12.1 Å². The summed E-state index contributed by atoms with van der Waals surface area (Å²) in [5.74, 6) is 0.450. The number of rotatable bonds is 7. The number of aromatic amines is 1. The Labute approximate surface area is 125 Å². The van der Waals surface area contributed by atoms with E-state index in [9.17, 15) is 4.79 Å². The zero-order valence-electron chi connectivity index (χ0n) is 13.0. The number of benzene rings is 1. The highest BCUT2D eigenvalue weighted by molar-refractivity contribution is 5.98. The molecule has 21 heavy (non-hydrogen) atoms. The van der Waals surface area contributed by atoms with E-state index in [4.69, 9.17) is 9.47 Å². The molecule has 0 bridgehead atoms. The summed E-state index contributed by atoms with van der Waals surface area (Å²) in [5.41, 5.74) is 2.68. The van der Waals surface area contributed by atoms with E-state index in [0.717, 1.165) is 29.5 Å². The number of unbranched alkanes of at least 4 members (excludes halogenated alkanes) is 2. The molecule has 0 aliphatic heterocycles. The van der Waals surface area contributed by atoms with E-state index < -0.39 is 0 Å². The first-order valence-electron chi connectivity index (χ1n) is 7.57. The second-order valence-electron chi connectivity index (χ2n) is 5.08. The summed E-state index contributed by atoms with van der Waals surface area (Å²) in [7, 11) is 1.64. The standard InChI is InChI=1S/C17H23NO3/c1-4-6-7-8-12-9-10-15(20-3)13-11-14(18-16(12)13)17(19)21-5-2/h9-11,18H,4-8H2,1-3H3. The molecule has 1 aromatic heterocycles. The Kier molecular flexibility index (Phi) is 5.26. The van der Waals surface area contributed by atoms with Gasteiger partial charge in [-0.2, -0.15) is 0 Å². The zero-order chi connectivity index (χ0) is 15.2. The Morgan fingerprint density at radius 1 is 1.24 bits per heavy atom. The molecule has 1 N–H and O–H groups in total. The summed E-state index contributed by atoms with van der Waals surface area (Å²) in [6.45, 7) is 4.36. The van der Waals surface area contributed by atoms with Gasteiger partial charge in [-0.3, -0.25) is 0 Å². The molecule has 2 rings (SSSR count). The molecule has 1 aromatic carbocycles. The highest BCUT2D eigenvalue weighted by Crippen LogP contribution is 2.30. The van der Waals surface area contributed by atoms with Crippen molar-refractivity contribution in [2.24, 2.45) is 0 Å². The summed E-state index contributed by atoms with van der Waals surface area (Å²) in [6.07, 6.45) is 4.54. The predicted octanol–water partition coefficient (Wildman–Crippen LogP) is 4.09. The van der Waals surface area contributed by atoms with Crippen LogP contribution in [0.15, 0.2) is 18.2 Å². The van der Waals surface area contributed by atoms with Gasteiger partial charge in [0.05, 0.1) is 19.2 Å². The third-order valence-corrected chi connectivity index (χ3v) is 3.61. The van der Waals surface area contributed by atoms with Gasteiger partial charge in [0.25, 0.3) is 0 Å². The van der Waals surface area contributed by atoms with Crippen molar-refractivity contribution in [2.75, 3.05) is 13.7 Å². The van der Waals surface area contributed by atoms with Crippen LogP contribution in [-0.4, -0.2) is 24.7 Å². The third kappa shape index (κ3) is 3.38. The number of fused-ring (bicyclic) bond motifs is 1. The van der Waals surface area contributed by atoms with Gasteiger partial charge in [-0.05, 0) is 37.5 Å². The Morgan fingerprint density at radius 2 is 2.05 bits per heavy atom. The van der Waals surface area contributed by atoms with Gasteiger partial charge in [0, 0.05) is 5.39 Å². The second-order valence-corrected chi connectivity index (χ2v) is 5.08. The SMILES string of the molecule is CCCCCc1ccc(OC)c2cc(C(=O)OCC)[nH]c12. The maximum atomic E-state index is 11.9. The van der Waals surface area contributed by atoms with Crippen LogP contribution in [0.1, 0.15) is 49.2 Å². The van der Waals surface area contributed by atoms with Gasteiger partial charge in [-0.25, -0.2) is 4.79 Å². The summed E-state index contributed by atoms with van der Waals surface area (Å²) < 4.78 is 10.4. The Morgan fingerprint density at radius 3 is 2.71 bits per heavy atom. The van der Waals surface area contributed by atoms with E-state index >= 15 is 0 Å². The number of carbonyl (C=O) groups is 1. The van der Waals surface area contributed by atoms with Crippen LogP contribution in [0.2, 0.25) is 0 Å². The van der Waals surface area contributed by atoms with Crippen LogP contribution in [-0.2, 0) is 11.2 Å². The molecule has 0 fully saturated rings. The number of ether oxygens (including phenoxy) is 2. The number of esters is 1. The van der Waals surface area contributed by atoms with Crippen molar-refractivity contribution in [3.05, 3.63) is 29.5 Å². The summed E-state index contributed by atoms with van der Waals surface area (Å²) >= 11 is 0. The molecule has 4 nitrogen and oxygen atoms in total. The fraction of sp³-hybridized carbons (Fsp3) is 0.471. The topological polar surface area (TPSA) is 51.3 Å². The van der Waals surface area contributed by atoms with E-state index in [0.29, 0.717) is 12.3 Å². The minimum atomic E-state index is -0.324. The Balaban J connectivity index is 2.39. The van der Waals surface area contributed by atoms with Gasteiger partial charge < -0.3 is 14.5 Å². The quantitative estimate of drug-likeness (QED) is 0.617. The van der Waals surface area contributed by atoms with Crippen molar-refractivity contribution >= 4 is 16.9 Å². The van der Waals surface area contributed by atoms with Crippen LogP contribution in [0.25, 0.3) is 10.9 Å². The van der Waals surface area contributed by atoms with Crippen molar-refractivity contribution in [3.63, 3.8) is 0 Å². The number of methoxy groups -OCH3 is 1. The largest absolute Gasteiger partial charge is 0.496 e. The second kappa shape index (κ2) is 7.16. The van der Waals surface area contributed by atoms with Crippen LogP contribution in [0.3, 0.4) is 0 Å². The number of nitrogens with one attached hydrogen (secondary N) is 1. The highest BCUT2D eigenvalue weighted by Gasteiger charge is 2.15. The molecule has 0 radical (unpaired) electrons.